The van der Waals surface area contributed by atoms with Gasteiger partial charge in [-0.2, -0.15) is 0 Å². The topological polar surface area (TPSA) is 104 Å². The average molecular weight is 534 g/mol. The van der Waals surface area contributed by atoms with Crippen molar-refractivity contribution in [2.24, 2.45) is 0 Å². The van der Waals surface area contributed by atoms with Gasteiger partial charge in [0.25, 0.3) is 0 Å². The number of fused-ring (bicyclic) bond motifs is 1. The highest BCUT2D eigenvalue weighted by atomic mass is 32.1. The number of nitrogens with zero attached hydrogens (tertiary/aromatic N) is 4. The van der Waals surface area contributed by atoms with Gasteiger partial charge in [0.1, 0.15) is 17.3 Å². The van der Waals surface area contributed by atoms with Crippen molar-refractivity contribution in [2.75, 3.05) is 23.3 Å². The summed E-state index contributed by atoms with van der Waals surface area (Å²) in [7, 11) is 0. The zero-order chi connectivity index (χ0) is 25.2. The number of anilines is 2. The molecule has 3 N–H and O–H groups in total. The number of aliphatic hydroxyl groups excluding tert-OH is 2. The molecule has 4 aromatic rings. The van der Waals surface area contributed by atoms with Crippen LogP contribution in [0.2, 0.25) is 0 Å². The van der Waals surface area contributed by atoms with Crippen LogP contribution in [0.3, 0.4) is 0 Å². The minimum atomic E-state index is -0.314. The fourth-order valence-electron chi connectivity index (χ4n) is 5.06. The first-order valence-corrected chi connectivity index (χ1v) is 13.8. The average Bonchev–Trinajstić information content (AvgIpc) is 3.32. The van der Waals surface area contributed by atoms with Crippen LogP contribution in [0.4, 0.5) is 10.9 Å². The number of benzene rings is 1. The van der Waals surface area contributed by atoms with Crippen molar-refractivity contribution in [3.63, 3.8) is 0 Å². The van der Waals surface area contributed by atoms with E-state index in [2.05, 4.69) is 20.2 Å². The monoisotopic (exact) mass is 533 g/mol. The molecule has 2 aliphatic rings. The van der Waals surface area contributed by atoms with Gasteiger partial charge in [-0.25, -0.2) is 9.97 Å². The lowest BCUT2D eigenvalue weighted by Crippen LogP contribution is -2.36. The van der Waals surface area contributed by atoms with E-state index < -0.39 is 0 Å². The molecule has 1 aromatic carbocycles. The van der Waals surface area contributed by atoms with Crippen molar-refractivity contribution in [1.29, 1.82) is 0 Å². The molecule has 1 saturated heterocycles. The van der Waals surface area contributed by atoms with Gasteiger partial charge in [-0.3, -0.25) is 4.98 Å². The number of aliphatic hydroxyl groups is 2. The van der Waals surface area contributed by atoms with E-state index in [1.165, 1.54) is 0 Å². The summed E-state index contributed by atoms with van der Waals surface area (Å²) in [4.78, 5) is 16.1. The Morgan fingerprint density at radius 2 is 1.74 bits per heavy atom. The van der Waals surface area contributed by atoms with E-state index in [1.54, 1.807) is 17.5 Å². The molecular formula is C29H35N5O3S. The molecule has 1 aliphatic heterocycles. The summed E-state index contributed by atoms with van der Waals surface area (Å²) in [5, 5.41) is 24.3. The van der Waals surface area contributed by atoms with E-state index in [9.17, 15) is 10.2 Å². The van der Waals surface area contributed by atoms with Crippen molar-refractivity contribution in [3.8, 4) is 22.8 Å². The predicted octanol–water partition coefficient (Wildman–Crippen LogP) is 5.86. The van der Waals surface area contributed by atoms with Gasteiger partial charge in [-0.1, -0.05) is 31.6 Å². The van der Waals surface area contributed by atoms with Crippen LogP contribution in [0.5, 0.6) is 11.5 Å². The van der Waals surface area contributed by atoms with Gasteiger partial charge in [-0.05, 0) is 56.0 Å². The van der Waals surface area contributed by atoms with Gasteiger partial charge in [0.15, 0.2) is 5.13 Å². The number of hydrogen-bond donors (Lipinski definition) is 3. The lowest BCUT2D eigenvalue weighted by molar-refractivity contribution is 0.116. The van der Waals surface area contributed by atoms with Crippen LogP contribution < -0.4 is 15.0 Å². The van der Waals surface area contributed by atoms with Crippen molar-refractivity contribution in [3.05, 3.63) is 54.9 Å². The van der Waals surface area contributed by atoms with E-state index in [-0.39, 0.29) is 25.7 Å². The Balaban J connectivity index is 0.00000294. The minimum Gasteiger partial charge on any atom is -0.457 e. The van der Waals surface area contributed by atoms with Crippen molar-refractivity contribution in [2.45, 2.75) is 64.2 Å². The van der Waals surface area contributed by atoms with Gasteiger partial charge in [-0.15, -0.1) is 0 Å². The Bertz CT molecular complexity index is 1350. The van der Waals surface area contributed by atoms with Crippen molar-refractivity contribution >= 4 is 32.5 Å². The first kappa shape index (κ1) is 26.3. The molecule has 1 aliphatic carbocycles. The standard InChI is InChI=1S/C28H31N5O3S.CH4/c34-19-10-13-33(14-11-19)27-8-5-18(17-30-27)24-15-21(9-12-29-24)36-20-6-7-23-26(16-20)37-28(32-23)31-22-3-1-2-4-25(22)35;/h5-9,12,15-17,19,22,25,34-35H,1-4,10-11,13-14H2,(H,31,32);1H4/t22-,25-;/m1./s1. The van der Waals surface area contributed by atoms with Crippen molar-refractivity contribution in [1.82, 2.24) is 15.0 Å². The Morgan fingerprint density at radius 1 is 0.921 bits per heavy atom. The van der Waals surface area contributed by atoms with Crippen LogP contribution >= 0.6 is 11.3 Å². The van der Waals surface area contributed by atoms with Crippen LogP contribution in [-0.4, -0.2) is 56.5 Å². The van der Waals surface area contributed by atoms with E-state index in [0.717, 1.165) is 89.8 Å². The van der Waals surface area contributed by atoms with Crippen LogP contribution in [0.25, 0.3) is 21.5 Å². The summed E-state index contributed by atoms with van der Waals surface area (Å²) >= 11 is 1.58. The summed E-state index contributed by atoms with van der Waals surface area (Å²) in [5.74, 6) is 2.36. The summed E-state index contributed by atoms with van der Waals surface area (Å²) in [5.41, 5.74) is 2.63. The zero-order valence-corrected chi connectivity index (χ0v) is 21.4. The molecule has 3 aromatic heterocycles. The SMILES string of the molecule is C.OC1CCN(c2ccc(-c3cc(Oc4ccc5nc(N[C@@H]6CCCC[C@H]6O)sc5c4)ccn3)cn2)CC1. The smallest absolute Gasteiger partial charge is 0.184 e. The predicted molar refractivity (Wildman–Crippen MR) is 153 cm³/mol. The summed E-state index contributed by atoms with van der Waals surface area (Å²) in [6, 6.07) is 13.8. The fraction of sp³-hybridized carbons (Fsp3) is 0.414. The zero-order valence-electron chi connectivity index (χ0n) is 20.6. The highest BCUT2D eigenvalue weighted by Gasteiger charge is 2.24. The maximum absolute atomic E-state index is 10.3. The minimum absolute atomic E-state index is 0. The van der Waals surface area contributed by atoms with Gasteiger partial charge in [0, 0.05) is 43.2 Å². The lowest BCUT2D eigenvalue weighted by atomic mass is 9.93. The lowest BCUT2D eigenvalue weighted by Gasteiger charge is -2.30. The van der Waals surface area contributed by atoms with E-state index in [0.29, 0.717) is 5.75 Å². The molecule has 4 heterocycles. The van der Waals surface area contributed by atoms with Crippen LogP contribution in [0, 0.1) is 0 Å². The Hall–Kier alpha value is -3.27. The first-order chi connectivity index (χ1) is 18.1. The van der Waals surface area contributed by atoms with Gasteiger partial charge < -0.3 is 25.2 Å². The second-order valence-electron chi connectivity index (χ2n) is 9.85. The van der Waals surface area contributed by atoms with Crippen molar-refractivity contribution < 1.29 is 14.9 Å². The van der Waals surface area contributed by atoms with E-state index in [1.807, 2.05) is 48.7 Å². The maximum Gasteiger partial charge on any atom is 0.184 e. The first-order valence-electron chi connectivity index (χ1n) is 13.0. The van der Waals surface area contributed by atoms with Gasteiger partial charge >= 0.3 is 0 Å². The van der Waals surface area contributed by atoms with E-state index in [4.69, 9.17) is 9.72 Å². The number of nitrogens with one attached hydrogen (secondary N) is 1. The third kappa shape index (κ3) is 5.90. The van der Waals surface area contributed by atoms with Gasteiger partial charge in [0.05, 0.1) is 34.2 Å². The molecular weight excluding hydrogens is 498 g/mol. The van der Waals surface area contributed by atoms with Gasteiger partial charge in [0.2, 0.25) is 0 Å². The molecule has 2 atom stereocenters. The second-order valence-corrected chi connectivity index (χ2v) is 10.9. The molecule has 0 unspecified atom stereocenters. The molecule has 8 nitrogen and oxygen atoms in total. The number of piperidine rings is 1. The van der Waals surface area contributed by atoms with E-state index >= 15 is 0 Å². The molecule has 0 radical (unpaired) electrons. The number of rotatable bonds is 6. The Kier molecular flexibility index (Phi) is 8.06. The normalized spacial score (nSPS) is 20.2. The molecule has 200 valence electrons. The summed E-state index contributed by atoms with van der Waals surface area (Å²) < 4.78 is 7.21. The molecule has 0 amide bonds. The number of pyridine rings is 2. The maximum atomic E-state index is 10.3. The third-order valence-electron chi connectivity index (χ3n) is 7.20. The van der Waals surface area contributed by atoms with Crippen LogP contribution in [0.1, 0.15) is 46.0 Å². The second kappa shape index (κ2) is 11.6. The molecule has 0 bridgehead atoms. The third-order valence-corrected chi connectivity index (χ3v) is 8.15. The molecule has 1 saturated carbocycles. The molecule has 6 rings (SSSR count). The largest absolute Gasteiger partial charge is 0.457 e. The highest BCUT2D eigenvalue weighted by molar-refractivity contribution is 7.22. The summed E-state index contributed by atoms with van der Waals surface area (Å²) in [6.45, 7) is 1.64. The van der Waals surface area contributed by atoms with Crippen LogP contribution in [0.15, 0.2) is 54.9 Å². The number of aromatic nitrogens is 3. The number of hydrogen-bond acceptors (Lipinski definition) is 9. The molecule has 38 heavy (non-hydrogen) atoms. The molecule has 2 fully saturated rings. The summed E-state index contributed by atoms with van der Waals surface area (Å²) in [6.07, 6.45) is 8.66. The Labute approximate surface area is 227 Å². The number of thiazole rings is 1. The number of ether oxygens (including phenoxy) is 1. The highest BCUT2D eigenvalue weighted by Crippen LogP contribution is 2.33. The Morgan fingerprint density at radius 3 is 2.53 bits per heavy atom. The molecule has 9 heteroatoms. The quantitative estimate of drug-likeness (QED) is 0.283. The van der Waals surface area contributed by atoms with Crippen LogP contribution in [-0.2, 0) is 0 Å². The molecule has 0 spiro atoms. The fourth-order valence-corrected chi connectivity index (χ4v) is 6.01.